The molecule has 0 saturated carbocycles. The van der Waals surface area contributed by atoms with Gasteiger partial charge in [0.15, 0.2) is 0 Å². The van der Waals surface area contributed by atoms with Crippen molar-refractivity contribution in [1.82, 2.24) is 10.3 Å². The van der Waals surface area contributed by atoms with Crippen LogP contribution < -0.4 is 10.2 Å². The predicted octanol–water partition coefficient (Wildman–Crippen LogP) is 2.57. The second-order valence-corrected chi connectivity index (χ2v) is 5.73. The summed E-state index contributed by atoms with van der Waals surface area (Å²) < 4.78 is 0. The van der Waals surface area contributed by atoms with Crippen molar-refractivity contribution in [3.8, 4) is 0 Å². The van der Waals surface area contributed by atoms with E-state index in [-0.39, 0.29) is 0 Å². The van der Waals surface area contributed by atoms with Gasteiger partial charge in [0.25, 0.3) is 0 Å². The van der Waals surface area contributed by atoms with Gasteiger partial charge in [-0.3, -0.25) is 0 Å². The van der Waals surface area contributed by atoms with Crippen molar-refractivity contribution in [2.24, 2.45) is 0 Å². The van der Waals surface area contributed by atoms with E-state index < -0.39 is 0 Å². The summed E-state index contributed by atoms with van der Waals surface area (Å²) in [5.41, 5.74) is 0. The third-order valence-corrected chi connectivity index (χ3v) is 4.48. The topological polar surface area (TPSA) is 28.2 Å². The summed E-state index contributed by atoms with van der Waals surface area (Å²) in [6, 6.07) is 12.0. The molecule has 2 atom stereocenters. The molecule has 2 aromatic rings. The van der Waals surface area contributed by atoms with E-state index in [4.69, 9.17) is 0 Å². The first-order chi connectivity index (χ1) is 9.40. The molecule has 98 valence electrons. The number of fused-ring (bicyclic) bond motifs is 3. The molecule has 0 aliphatic carbocycles. The van der Waals surface area contributed by atoms with Gasteiger partial charge in [-0.2, -0.15) is 0 Å². The van der Waals surface area contributed by atoms with Crippen molar-refractivity contribution >= 4 is 16.6 Å². The summed E-state index contributed by atoms with van der Waals surface area (Å²) in [5.74, 6) is 1.16. The molecule has 0 spiro atoms. The fourth-order valence-corrected chi connectivity index (χ4v) is 3.49. The average molecular weight is 253 g/mol. The van der Waals surface area contributed by atoms with Crippen LogP contribution in [0.15, 0.2) is 36.5 Å². The van der Waals surface area contributed by atoms with Crippen LogP contribution in [0.4, 0.5) is 5.82 Å². The molecule has 3 heteroatoms. The zero-order valence-electron chi connectivity index (χ0n) is 11.0. The number of nitrogens with one attached hydrogen (secondary N) is 1. The highest BCUT2D eigenvalue weighted by molar-refractivity contribution is 5.92. The Morgan fingerprint density at radius 1 is 1.05 bits per heavy atom. The molecular weight excluding hydrogens is 234 g/mol. The van der Waals surface area contributed by atoms with Crippen LogP contribution in [0, 0.1) is 0 Å². The normalized spacial score (nSPS) is 26.6. The predicted molar refractivity (Wildman–Crippen MR) is 78.5 cm³/mol. The van der Waals surface area contributed by atoms with Crippen LogP contribution >= 0.6 is 0 Å². The minimum atomic E-state index is 0.647. The smallest absolute Gasteiger partial charge is 0.136 e. The van der Waals surface area contributed by atoms with Gasteiger partial charge >= 0.3 is 0 Å². The molecule has 1 aromatic carbocycles. The Labute approximate surface area is 113 Å². The monoisotopic (exact) mass is 253 g/mol. The van der Waals surface area contributed by atoms with E-state index in [9.17, 15) is 0 Å². The van der Waals surface area contributed by atoms with Crippen LogP contribution in [-0.2, 0) is 0 Å². The largest absolute Gasteiger partial charge is 0.354 e. The Morgan fingerprint density at radius 2 is 1.95 bits per heavy atom. The molecule has 2 fully saturated rings. The molecule has 2 unspecified atom stereocenters. The molecule has 4 rings (SSSR count). The summed E-state index contributed by atoms with van der Waals surface area (Å²) in [5, 5.41) is 6.30. The van der Waals surface area contributed by atoms with Crippen LogP contribution in [0.25, 0.3) is 10.8 Å². The van der Waals surface area contributed by atoms with Gasteiger partial charge < -0.3 is 10.2 Å². The third kappa shape index (κ3) is 1.98. The lowest BCUT2D eigenvalue weighted by Crippen LogP contribution is -2.35. The number of hydrogen-bond acceptors (Lipinski definition) is 3. The number of pyridine rings is 1. The van der Waals surface area contributed by atoms with Crippen molar-refractivity contribution in [2.75, 3.05) is 18.0 Å². The van der Waals surface area contributed by atoms with Crippen molar-refractivity contribution in [1.29, 1.82) is 0 Å². The molecule has 3 heterocycles. The zero-order valence-corrected chi connectivity index (χ0v) is 11.0. The number of benzene rings is 1. The van der Waals surface area contributed by atoms with Crippen molar-refractivity contribution < 1.29 is 0 Å². The average Bonchev–Trinajstić information content (AvgIpc) is 2.78. The van der Waals surface area contributed by atoms with Crippen LogP contribution in [0.1, 0.15) is 19.3 Å². The van der Waals surface area contributed by atoms with E-state index in [1.165, 1.54) is 30.0 Å². The van der Waals surface area contributed by atoms with Crippen molar-refractivity contribution in [2.45, 2.75) is 31.3 Å². The second-order valence-electron chi connectivity index (χ2n) is 5.73. The lowest BCUT2D eigenvalue weighted by molar-refractivity contribution is 0.563. The van der Waals surface area contributed by atoms with E-state index in [0.717, 1.165) is 24.9 Å². The Hall–Kier alpha value is -1.61. The molecule has 2 aliphatic heterocycles. The number of rotatable bonds is 1. The third-order valence-electron chi connectivity index (χ3n) is 4.48. The number of nitrogens with zero attached hydrogens (tertiary/aromatic N) is 2. The van der Waals surface area contributed by atoms with Crippen LogP contribution in [-0.4, -0.2) is 30.2 Å². The minimum absolute atomic E-state index is 0.647. The maximum absolute atomic E-state index is 4.65. The molecule has 1 N–H and O–H groups in total. The first-order valence-electron chi connectivity index (χ1n) is 7.25. The highest BCUT2D eigenvalue weighted by atomic mass is 15.2. The van der Waals surface area contributed by atoms with Gasteiger partial charge in [-0.25, -0.2) is 4.98 Å². The van der Waals surface area contributed by atoms with E-state index in [1.54, 1.807) is 0 Å². The summed E-state index contributed by atoms with van der Waals surface area (Å²) >= 11 is 0. The molecule has 2 bridgehead atoms. The maximum Gasteiger partial charge on any atom is 0.136 e. The van der Waals surface area contributed by atoms with Gasteiger partial charge in [-0.15, -0.1) is 0 Å². The SMILES string of the molecule is c1ccc2c(N3CCC4CCC(C3)N4)nccc2c1. The Morgan fingerprint density at radius 3 is 2.95 bits per heavy atom. The number of anilines is 1. The van der Waals surface area contributed by atoms with Crippen molar-refractivity contribution in [3.05, 3.63) is 36.5 Å². The first kappa shape index (κ1) is 11.2. The van der Waals surface area contributed by atoms with E-state index in [0.29, 0.717) is 6.04 Å². The van der Waals surface area contributed by atoms with Gasteiger partial charge in [0.1, 0.15) is 5.82 Å². The molecule has 2 saturated heterocycles. The fraction of sp³-hybridized carbons (Fsp3) is 0.438. The fourth-order valence-electron chi connectivity index (χ4n) is 3.49. The number of hydrogen-bond donors (Lipinski definition) is 1. The van der Waals surface area contributed by atoms with Crippen LogP contribution in [0.5, 0.6) is 0 Å². The quantitative estimate of drug-likeness (QED) is 0.846. The molecule has 1 aromatic heterocycles. The molecular formula is C16H19N3. The van der Waals surface area contributed by atoms with Crippen molar-refractivity contribution in [3.63, 3.8) is 0 Å². The van der Waals surface area contributed by atoms with Gasteiger partial charge in [0.05, 0.1) is 0 Å². The maximum atomic E-state index is 4.65. The number of aromatic nitrogens is 1. The Balaban J connectivity index is 1.73. The lowest BCUT2D eigenvalue weighted by Gasteiger charge is -2.26. The first-order valence-corrected chi connectivity index (χ1v) is 7.25. The van der Waals surface area contributed by atoms with Crippen LogP contribution in [0.3, 0.4) is 0 Å². The second kappa shape index (κ2) is 4.49. The molecule has 2 aliphatic rings. The summed E-state index contributed by atoms with van der Waals surface area (Å²) in [6.07, 6.45) is 5.84. The summed E-state index contributed by atoms with van der Waals surface area (Å²) in [4.78, 5) is 7.13. The van der Waals surface area contributed by atoms with Gasteiger partial charge in [-0.1, -0.05) is 24.3 Å². The molecule has 3 nitrogen and oxygen atoms in total. The van der Waals surface area contributed by atoms with Gasteiger partial charge in [0, 0.05) is 36.8 Å². The molecule has 19 heavy (non-hydrogen) atoms. The summed E-state index contributed by atoms with van der Waals surface area (Å²) in [6.45, 7) is 2.21. The van der Waals surface area contributed by atoms with E-state index in [1.807, 2.05) is 6.20 Å². The van der Waals surface area contributed by atoms with E-state index in [2.05, 4.69) is 45.5 Å². The lowest BCUT2D eigenvalue weighted by atomic mass is 10.1. The van der Waals surface area contributed by atoms with Crippen LogP contribution in [0.2, 0.25) is 0 Å². The molecule has 0 amide bonds. The highest BCUT2D eigenvalue weighted by Gasteiger charge is 2.30. The Kier molecular flexibility index (Phi) is 2.66. The van der Waals surface area contributed by atoms with Gasteiger partial charge in [0.2, 0.25) is 0 Å². The Bertz CT molecular complexity index is 590. The summed E-state index contributed by atoms with van der Waals surface area (Å²) in [7, 11) is 0. The van der Waals surface area contributed by atoms with E-state index >= 15 is 0 Å². The molecule has 0 radical (unpaired) electrons. The standard InChI is InChI=1S/C16H19N3/c1-2-4-15-12(3-1)7-9-17-16(15)19-10-8-13-5-6-14(11-19)18-13/h1-4,7,9,13-14,18H,5-6,8,10-11H2. The minimum Gasteiger partial charge on any atom is -0.354 e. The zero-order chi connectivity index (χ0) is 12.7. The highest BCUT2D eigenvalue weighted by Crippen LogP contribution is 2.28. The van der Waals surface area contributed by atoms with Gasteiger partial charge in [-0.05, 0) is 30.7 Å².